The van der Waals surface area contributed by atoms with Gasteiger partial charge in [-0.2, -0.15) is 0 Å². The first-order chi connectivity index (χ1) is 9.22. The van der Waals surface area contributed by atoms with E-state index in [1.165, 1.54) is 23.3 Å². The number of aromatic nitrogens is 2. The number of hydrogen-bond donors (Lipinski definition) is 1. The average molecular weight is 294 g/mol. The second kappa shape index (κ2) is 5.27. The number of carbonyl (C=O) groups excluding carboxylic acids is 1. The lowest BCUT2D eigenvalue weighted by atomic mass is 9.99. The Bertz CT molecular complexity index is 585. The normalized spacial score (nSPS) is 13.9. The Morgan fingerprint density at radius 1 is 1.26 bits per heavy atom. The highest BCUT2D eigenvalue weighted by Crippen LogP contribution is 2.29. The van der Waals surface area contributed by atoms with Crippen molar-refractivity contribution in [3.05, 3.63) is 38.7 Å². The van der Waals surface area contributed by atoms with E-state index in [0.717, 1.165) is 17.7 Å². The van der Waals surface area contributed by atoms with Crippen LogP contribution in [0.1, 0.15) is 33.0 Å². The maximum Gasteiger partial charge on any atom is 0.266 e. The Morgan fingerprint density at radius 2 is 2.11 bits per heavy atom. The topological polar surface area (TPSA) is 54.9 Å². The molecule has 1 aliphatic rings. The van der Waals surface area contributed by atoms with Crippen molar-refractivity contribution in [2.45, 2.75) is 25.7 Å². The third-order valence-corrected chi connectivity index (χ3v) is 4.53. The van der Waals surface area contributed by atoms with Crippen molar-refractivity contribution in [2.75, 3.05) is 5.32 Å². The van der Waals surface area contributed by atoms with Gasteiger partial charge < -0.3 is 5.32 Å². The molecule has 19 heavy (non-hydrogen) atoms. The van der Waals surface area contributed by atoms with E-state index in [0.29, 0.717) is 11.0 Å². The van der Waals surface area contributed by atoms with Gasteiger partial charge in [0.1, 0.15) is 0 Å². The van der Waals surface area contributed by atoms with Gasteiger partial charge >= 0.3 is 0 Å². The number of amides is 1. The molecule has 0 radical (unpaired) electrons. The zero-order valence-corrected chi connectivity index (χ0v) is 11.7. The summed E-state index contributed by atoms with van der Waals surface area (Å²) in [5.74, 6) is 0.289. The summed E-state index contributed by atoms with van der Waals surface area (Å²) in [6, 6.07) is 5.24. The number of nitrogens with one attached hydrogen (secondary N) is 1. The van der Waals surface area contributed by atoms with Crippen LogP contribution in [0.2, 0.25) is 5.15 Å². The molecule has 0 saturated carbocycles. The summed E-state index contributed by atoms with van der Waals surface area (Å²) in [5.41, 5.74) is 1.32. The number of hydrogen-bond acceptors (Lipinski definition) is 4. The molecule has 2 aromatic heterocycles. The Morgan fingerprint density at radius 3 is 2.84 bits per heavy atom. The highest BCUT2D eigenvalue weighted by molar-refractivity contribution is 7.14. The number of halogens is 1. The smallest absolute Gasteiger partial charge is 0.266 e. The monoisotopic (exact) mass is 293 g/mol. The van der Waals surface area contributed by atoms with Gasteiger partial charge in [-0.15, -0.1) is 21.5 Å². The maximum atomic E-state index is 12.1. The van der Waals surface area contributed by atoms with Crippen molar-refractivity contribution in [3.63, 3.8) is 0 Å². The van der Waals surface area contributed by atoms with Crippen LogP contribution >= 0.6 is 22.9 Å². The molecule has 0 fully saturated rings. The summed E-state index contributed by atoms with van der Waals surface area (Å²) >= 11 is 7.23. The molecular weight excluding hydrogens is 282 g/mol. The van der Waals surface area contributed by atoms with Crippen molar-refractivity contribution in [1.29, 1.82) is 0 Å². The minimum atomic E-state index is -0.129. The molecule has 3 rings (SSSR count). The van der Waals surface area contributed by atoms with Gasteiger partial charge in [-0.25, -0.2) is 0 Å². The molecule has 6 heteroatoms. The molecule has 0 saturated heterocycles. The lowest BCUT2D eigenvalue weighted by Gasteiger charge is -2.08. The van der Waals surface area contributed by atoms with E-state index >= 15 is 0 Å². The van der Waals surface area contributed by atoms with Crippen molar-refractivity contribution >= 4 is 34.7 Å². The predicted octanol–water partition coefficient (Wildman–Crippen LogP) is 3.32. The first-order valence-electron chi connectivity index (χ1n) is 6.14. The fraction of sp³-hybridized carbons (Fsp3) is 0.308. The SMILES string of the molecule is O=C(Nc1ccc(Cl)nn1)c1cc2c(s1)CCCC2. The molecule has 4 nitrogen and oxygen atoms in total. The number of thiophene rings is 1. The second-order valence-corrected chi connectivity index (χ2v) is 5.99. The Labute approximate surface area is 119 Å². The molecule has 0 atom stereocenters. The summed E-state index contributed by atoms with van der Waals surface area (Å²) in [7, 11) is 0. The van der Waals surface area contributed by atoms with E-state index in [9.17, 15) is 4.79 Å². The fourth-order valence-corrected chi connectivity index (χ4v) is 3.41. The van der Waals surface area contributed by atoms with Gasteiger partial charge in [-0.05, 0) is 49.4 Å². The summed E-state index contributed by atoms with van der Waals surface area (Å²) in [5, 5.41) is 10.6. The number of carbonyl (C=O) groups is 1. The third kappa shape index (κ3) is 2.77. The van der Waals surface area contributed by atoms with Gasteiger partial charge in [0.2, 0.25) is 0 Å². The van der Waals surface area contributed by atoms with Crippen LogP contribution in [-0.4, -0.2) is 16.1 Å². The molecule has 1 aliphatic carbocycles. The van der Waals surface area contributed by atoms with Gasteiger partial charge in [0.05, 0.1) is 4.88 Å². The minimum Gasteiger partial charge on any atom is -0.304 e. The number of fused-ring (bicyclic) bond motifs is 1. The fourth-order valence-electron chi connectivity index (χ4n) is 2.16. The highest BCUT2D eigenvalue weighted by atomic mass is 35.5. The maximum absolute atomic E-state index is 12.1. The molecule has 0 aliphatic heterocycles. The summed E-state index contributed by atoms with van der Waals surface area (Å²) in [4.78, 5) is 14.2. The van der Waals surface area contributed by atoms with Gasteiger partial charge in [0, 0.05) is 4.88 Å². The first kappa shape index (κ1) is 12.6. The van der Waals surface area contributed by atoms with Crippen molar-refractivity contribution in [2.24, 2.45) is 0 Å². The number of nitrogens with zero attached hydrogens (tertiary/aromatic N) is 2. The van der Waals surface area contributed by atoms with Crippen LogP contribution in [0.4, 0.5) is 5.82 Å². The summed E-state index contributed by atoms with van der Waals surface area (Å²) in [6.45, 7) is 0. The van der Waals surface area contributed by atoms with Crippen molar-refractivity contribution in [3.8, 4) is 0 Å². The van der Waals surface area contributed by atoms with Crippen LogP contribution < -0.4 is 5.32 Å². The zero-order chi connectivity index (χ0) is 13.2. The van der Waals surface area contributed by atoms with Crippen LogP contribution in [0, 0.1) is 0 Å². The highest BCUT2D eigenvalue weighted by Gasteiger charge is 2.17. The quantitative estimate of drug-likeness (QED) is 0.924. The van der Waals surface area contributed by atoms with Crippen LogP contribution in [0.3, 0.4) is 0 Å². The van der Waals surface area contributed by atoms with Crippen LogP contribution in [0.25, 0.3) is 0 Å². The molecule has 2 aromatic rings. The van der Waals surface area contributed by atoms with Gasteiger partial charge in [0.25, 0.3) is 5.91 Å². The largest absolute Gasteiger partial charge is 0.304 e. The molecule has 0 bridgehead atoms. The third-order valence-electron chi connectivity index (χ3n) is 3.09. The van der Waals surface area contributed by atoms with E-state index in [1.54, 1.807) is 23.5 Å². The molecule has 2 heterocycles. The van der Waals surface area contributed by atoms with E-state index in [-0.39, 0.29) is 5.91 Å². The minimum absolute atomic E-state index is 0.129. The van der Waals surface area contributed by atoms with E-state index in [2.05, 4.69) is 15.5 Å². The Hall–Kier alpha value is -1.46. The molecule has 0 aromatic carbocycles. The Balaban J connectivity index is 1.76. The van der Waals surface area contributed by atoms with Crippen LogP contribution in [0.15, 0.2) is 18.2 Å². The molecule has 98 valence electrons. The molecule has 0 spiro atoms. The lowest BCUT2D eigenvalue weighted by molar-refractivity contribution is 0.103. The van der Waals surface area contributed by atoms with E-state index < -0.39 is 0 Å². The van der Waals surface area contributed by atoms with Gasteiger partial charge in [0.15, 0.2) is 11.0 Å². The first-order valence-corrected chi connectivity index (χ1v) is 7.34. The standard InChI is InChI=1S/C13H12ClN3OS/c14-11-5-6-12(17-16-11)15-13(18)10-7-8-3-1-2-4-9(8)19-10/h5-7H,1-4H2,(H,15,17,18). The zero-order valence-electron chi connectivity index (χ0n) is 10.1. The van der Waals surface area contributed by atoms with E-state index in [4.69, 9.17) is 11.6 Å². The van der Waals surface area contributed by atoms with Gasteiger partial charge in [-0.3, -0.25) is 4.79 Å². The molecular formula is C13H12ClN3OS. The number of anilines is 1. The second-order valence-electron chi connectivity index (χ2n) is 4.46. The molecule has 1 N–H and O–H groups in total. The number of aryl methyl sites for hydroxylation is 2. The van der Waals surface area contributed by atoms with E-state index in [1.807, 2.05) is 6.07 Å². The van der Waals surface area contributed by atoms with Crippen LogP contribution in [0.5, 0.6) is 0 Å². The molecule has 1 amide bonds. The lowest BCUT2D eigenvalue weighted by Crippen LogP contribution is -2.11. The van der Waals surface area contributed by atoms with Crippen molar-refractivity contribution in [1.82, 2.24) is 10.2 Å². The Kier molecular flexibility index (Phi) is 3.48. The predicted molar refractivity (Wildman–Crippen MR) is 76.0 cm³/mol. The molecule has 0 unspecified atom stereocenters. The van der Waals surface area contributed by atoms with Crippen molar-refractivity contribution < 1.29 is 4.79 Å². The summed E-state index contributed by atoms with van der Waals surface area (Å²) < 4.78 is 0. The average Bonchev–Trinajstić information content (AvgIpc) is 2.85. The van der Waals surface area contributed by atoms with Crippen LogP contribution in [-0.2, 0) is 12.8 Å². The number of rotatable bonds is 2. The summed E-state index contributed by atoms with van der Waals surface area (Å²) in [6.07, 6.45) is 4.61. The van der Waals surface area contributed by atoms with Gasteiger partial charge in [-0.1, -0.05) is 11.6 Å².